The van der Waals surface area contributed by atoms with Crippen molar-refractivity contribution in [2.75, 3.05) is 19.6 Å². The third-order valence-corrected chi connectivity index (χ3v) is 4.90. The fourth-order valence-electron chi connectivity index (χ4n) is 3.75. The molecule has 1 N–H and O–H groups in total. The van der Waals surface area contributed by atoms with Gasteiger partial charge in [-0.15, -0.1) is 0 Å². The Morgan fingerprint density at radius 1 is 1.28 bits per heavy atom. The minimum atomic E-state index is -4.44. The van der Waals surface area contributed by atoms with E-state index in [9.17, 15) is 18.0 Å². The van der Waals surface area contributed by atoms with Gasteiger partial charge in [0.05, 0.1) is 5.69 Å². The monoisotopic (exact) mass is 358 g/mol. The van der Waals surface area contributed by atoms with Crippen molar-refractivity contribution in [1.29, 1.82) is 0 Å². The SMILES string of the molecule is O=C(CC(F)(F)F)NCC1CCCN(Cc2cc3n(n2)CCCC3)C1. The van der Waals surface area contributed by atoms with Crippen molar-refractivity contribution < 1.29 is 18.0 Å². The average Bonchev–Trinajstić information content (AvgIpc) is 2.94. The summed E-state index contributed by atoms with van der Waals surface area (Å²) >= 11 is 0. The lowest BCUT2D eigenvalue weighted by atomic mass is 9.97. The van der Waals surface area contributed by atoms with E-state index in [0.29, 0.717) is 6.54 Å². The van der Waals surface area contributed by atoms with Gasteiger partial charge >= 0.3 is 6.18 Å². The molecule has 1 unspecified atom stereocenters. The fourth-order valence-corrected chi connectivity index (χ4v) is 3.75. The number of amides is 1. The van der Waals surface area contributed by atoms with E-state index in [1.807, 2.05) is 0 Å². The molecule has 25 heavy (non-hydrogen) atoms. The van der Waals surface area contributed by atoms with Crippen molar-refractivity contribution in [1.82, 2.24) is 20.0 Å². The molecule has 0 radical (unpaired) electrons. The summed E-state index contributed by atoms with van der Waals surface area (Å²) in [6.45, 7) is 3.82. The lowest BCUT2D eigenvalue weighted by Crippen LogP contribution is -2.41. The van der Waals surface area contributed by atoms with Crippen LogP contribution < -0.4 is 5.32 Å². The van der Waals surface area contributed by atoms with E-state index < -0.39 is 18.5 Å². The molecule has 0 bridgehead atoms. The third kappa shape index (κ3) is 5.45. The number of halogens is 3. The predicted octanol–water partition coefficient (Wildman–Crippen LogP) is 2.50. The van der Waals surface area contributed by atoms with Crippen molar-refractivity contribution in [3.8, 4) is 0 Å². The van der Waals surface area contributed by atoms with Crippen LogP contribution in [0.15, 0.2) is 6.07 Å². The summed E-state index contributed by atoms with van der Waals surface area (Å²) in [4.78, 5) is 13.6. The number of alkyl halides is 3. The van der Waals surface area contributed by atoms with E-state index in [-0.39, 0.29) is 5.92 Å². The topological polar surface area (TPSA) is 50.2 Å². The quantitative estimate of drug-likeness (QED) is 0.880. The summed E-state index contributed by atoms with van der Waals surface area (Å²) in [5.41, 5.74) is 2.37. The molecule has 1 saturated heterocycles. The van der Waals surface area contributed by atoms with Crippen LogP contribution in [-0.4, -0.2) is 46.4 Å². The lowest BCUT2D eigenvalue weighted by Gasteiger charge is -2.32. The highest BCUT2D eigenvalue weighted by Gasteiger charge is 2.31. The summed E-state index contributed by atoms with van der Waals surface area (Å²) < 4.78 is 38.7. The van der Waals surface area contributed by atoms with E-state index in [0.717, 1.165) is 51.1 Å². The second-order valence-electron chi connectivity index (χ2n) is 7.15. The molecule has 1 aromatic rings. The van der Waals surface area contributed by atoms with E-state index in [4.69, 9.17) is 0 Å². The zero-order valence-corrected chi connectivity index (χ0v) is 14.3. The smallest absolute Gasteiger partial charge is 0.355 e. The van der Waals surface area contributed by atoms with Gasteiger partial charge in [-0.3, -0.25) is 14.4 Å². The largest absolute Gasteiger partial charge is 0.397 e. The van der Waals surface area contributed by atoms with Gasteiger partial charge in [0.1, 0.15) is 6.42 Å². The predicted molar refractivity (Wildman–Crippen MR) is 86.8 cm³/mol. The van der Waals surface area contributed by atoms with Gasteiger partial charge in [-0.1, -0.05) is 0 Å². The Kier molecular flexibility index (Phi) is 5.66. The number of hydrogen-bond acceptors (Lipinski definition) is 3. The molecule has 1 atom stereocenters. The Morgan fingerprint density at radius 2 is 2.12 bits per heavy atom. The summed E-state index contributed by atoms with van der Waals surface area (Å²) in [7, 11) is 0. The highest BCUT2D eigenvalue weighted by atomic mass is 19.4. The number of carbonyl (C=O) groups is 1. The molecule has 1 fully saturated rings. The van der Waals surface area contributed by atoms with Gasteiger partial charge in [0.25, 0.3) is 0 Å². The van der Waals surface area contributed by atoms with Crippen molar-refractivity contribution >= 4 is 5.91 Å². The van der Waals surface area contributed by atoms with Gasteiger partial charge in [0, 0.05) is 31.9 Å². The van der Waals surface area contributed by atoms with Crippen LogP contribution in [0.5, 0.6) is 0 Å². The summed E-state index contributed by atoms with van der Waals surface area (Å²) in [5.74, 6) is -0.741. The Labute approximate surface area is 145 Å². The summed E-state index contributed by atoms with van der Waals surface area (Å²) in [5, 5.41) is 7.09. The normalized spacial score (nSPS) is 21.8. The van der Waals surface area contributed by atoms with Crippen LogP contribution in [0.4, 0.5) is 13.2 Å². The molecule has 2 aliphatic rings. The number of aromatic nitrogens is 2. The zero-order valence-electron chi connectivity index (χ0n) is 14.3. The van der Waals surface area contributed by atoms with Gasteiger partial charge in [-0.2, -0.15) is 18.3 Å². The Bertz CT molecular complexity index is 576. The first-order valence-electron chi connectivity index (χ1n) is 9.00. The number of nitrogens with zero attached hydrogens (tertiary/aromatic N) is 3. The highest BCUT2D eigenvalue weighted by molar-refractivity contribution is 5.76. The Morgan fingerprint density at radius 3 is 2.88 bits per heavy atom. The van der Waals surface area contributed by atoms with Crippen LogP contribution in [0.1, 0.15) is 43.5 Å². The maximum Gasteiger partial charge on any atom is 0.397 e. The lowest BCUT2D eigenvalue weighted by molar-refractivity contribution is -0.153. The Hall–Kier alpha value is -1.57. The van der Waals surface area contributed by atoms with Crippen molar-refractivity contribution in [2.45, 2.75) is 57.8 Å². The van der Waals surface area contributed by atoms with Crippen LogP contribution in [0, 0.1) is 5.92 Å². The van der Waals surface area contributed by atoms with E-state index in [1.54, 1.807) is 0 Å². The second-order valence-corrected chi connectivity index (χ2v) is 7.15. The highest BCUT2D eigenvalue weighted by Crippen LogP contribution is 2.21. The maximum absolute atomic E-state index is 12.2. The molecule has 5 nitrogen and oxygen atoms in total. The van der Waals surface area contributed by atoms with Crippen molar-refractivity contribution in [3.63, 3.8) is 0 Å². The third-order valence-electron chi connectivity index (χ3n) is 4.90. The number of hydrogen-bond donors (Lipinski definition) is 1. The molecule has 1 aromatic heterocycles. The fraction of sp³-hybridized carbons (Fsp3) is 0.765. The molecular weight excluding hydrogens is 333 g/mol. The minimum absolute atomic E-state index is 0.197. The minimum Gasteiger partial charge on any atom is -0.355 e. The number of aryl methyl sites for hydroxylation is 2. The molecule has 3 rings (SSSR count). The molecule has 0 aromatic carbocycles. The number of carbonyl (C=O) groups excluding carboxylic acids is 1. The first kappa shape index (κ1) is 18.2. The zero-order chi connectivity index (χ0) is 17.9. The van der Waals surface area contributed by atoms with Gasteiger partial charge < -0.3 is 5.32 Å². The summed E-state index contributed by atoms with van der Waals surface area (Å²) in [6, 6.07) is 2.17. The van der Waals surface area contributed by atoms with Crippen LogP contribution in [-0.2, 0) is 24.3 Å². The first-order valence-corrected chi connectivity index (χ1v) is 9.00. The first-order chi connectivity index (χ1) is 11.9. The van der Waals surface area contributed by atoms with Gasteiger partial charge in [0.15, 0.2) is 0 Å². The average molecular weight is 358 g/mol. The molecule has 1 amide bonds. The van der Waals surface area contributed by atoms with Crippen LogP contribution in [0.2, 0.25) is 0 Å². The van der Waals surface area contributed by atoms with E-state index in [1.165, 1.54) is 18.5 Å². The number of fused-ring (bicyclic) bond motifs is 1. The molecule has 8 heteroatoms. The van der Waals surface area contributed by atoms with Gasteiger partial charge in [-0.25, -0.2) is 0 Å². The molecule has 0 saturated carbocycles. The molecule has 0 spiro atoms. The van der Waals surface area contributed by atoms with Gasteiger partial charge in [-0.05, 0) is 50.6 Å². The van der Waals surface area contributed by atoms with Crippen LogP contribution in [0.3, 0.4) is 0 Å². The molecule has 140 valence electrons. The molecule has 3 heterocycles. The van der Waals surface area contributed by atoms with Crippen LogP contribution >= 0.6 is 0 Å². The molecular formula is C17H25F3N4O. The molecule has 2 aliphatic heterocycles. The Balaban J connectivity index is 1.46. The number of piperidine rings is 1. The number of rotatable bonds is 5. The van der Waals surface area contributed by atoms with Gasteiger partial charge in [0.2, 0.25) is 5.91 Å². The second kappa shape index (κ2) is 7.76. The van der Waals surface area contributed by atoms with Crippen molar-refractivity contribution in [2.24, 2.45) is 5.92 Å². The number of likely N-dealkylation sites (tertiary alicyclic amines) is 1. The van der Waals surface area contributed by atoms with Crippen LogP contribution in [0.25, 0.3) is 0 Å². The van der Waals surface area contributed by atoms with Crippen molar-refractivity contribution in [3.05, 3.63) is 17.5 Å². The maximum atomic E-state index is 12.2. The van der Waals surface area contributed by atoms with E-state index in [2.05, 4.69) is 26.1 Å². The molecule has 0 aliphatic carbocycles. The summed E-state index contributed by atoms with van der Waals surface area (Å²) in [6.07, 6.45) is -0.435. The number of nitrogens with one attached hydrogen (secondary N) is 1. The standard InChI is InChI=1S/C17H25F3N4O/c18-17(19,20)9-16(25)21-10-13-4-3-6-23(11-13)12-14-8-15-5-1-2-7-24(15)22-14/h8,13H,1-7,9-12H2,(H,21,25). The van der Waals surface area contributed by atoms with E-state index >= 15 is 0 Å².